The molecule has 1 spiro atoms. The highest BCUT2D eigenvalue weighted by atomic mass is 16.2. The molecular weight excluding hydrogens is 344 g/mol. The number of hydrogen-bond donors (Lipinski definition) is 1. The Morgan fingerprint density at radius 2 is 1.96 bits per heavy atom. The van der Waals surface area contributed by atoms with E-state index < -0.39 is 0 Å². The molecule has 0 saturated carbocycles. The first kappa shape index (κ1) is 19.6. The van der Waals surface area contributed by atoms with Crippen LogP contribution in [-0.4, -0.2) is 59.4 Å². The number of allylic oxidation sites excluding steroid dienone is 1. The molecule has 0 aromatic rings. The van der Waals surface area contributed by atoms with Crippen molar-refractivity contribution in [3.05, 3.63) is 11.6 Å². The van der Waals surface area contributed by atoms with Crippen LogP contribution in [0.1, 0.15) is 58.8 Å². The van der Waals surface area contributed by atoms with Gasteiger partial charge in [0.1, 0.15) is 0 Å². The molecule has 3 rings (SSSR count). The third-order valence-corrected chi connectivity index (χ3v) is 5.91. The van der Waals surface area contributed by atoms with Crippen molar-refractivity contribution in [1.29, 1.82) is 0 Å². The summed E-state index contributed by atoms with van der Waals surface area (Å²) < 4.78 is 0. The Morgan fingerprint density at radius 1 is 1.22 bits per heavy atom. The number of amides is 3. The van der Waals surface area contributed by atoms with E-state index in [9.17, 15) is 14.4 Å². The summed E-state index contributed by atoms with van der Waals surface area (Å²) in [6.45, 7) is 7.07. The predicted molar refractivity (Wildman–Crippen MR) is 103 cm³/mol. The monoisotopic (exact) mass is 374 g/mol. The van der Waals surface area contributed by atoms with Gasteiger partial charge in [-0.2, -0.15) is 5.10 Å². The highest BCUT2D eigenvalue weighted by Gasteiger charge is 2.44. The summed E-state index contributed by atoms with van der Waals surface area (Å²) in [6, 6.07) is 0. The maximum absolute atomic E-state index is 12.5. The lowest BCUT2D eigenvalue weighted by atomic mass is 9.77. The van der Waals surface area contributed by atoms with E-state index in [4.69, 9.17) is 0 Å². The number of piperidine rings is 1. The lowest BCUT2D eigenvalue weighted by Gasteiger charge is -2.39. The quantitative estimate of drug-likeness (QED) is 0.746. The minimum Gasteiger partial charge on any atom is -0.343 e. The van der Waals surface area contributed by atoms with E-state index in [2.05, 4.69) is 16.6 Å². The molecule has 2 fully saturated rings. The van der Waals surface area contributed by atoms with Crippen LogP contribution in [0.2, 0.25) is 0 Å². The number of hydrogen-bond acceptors (Lipinski definition) is 4. The van der Waals surface area contributed by atoms with E-state index in [0.717, 1.165) is 38.2 Å². The number of nitrogens with zero attached hydrogens (tertiary/aromatic N) is 3. The minimum absolute atomic E-state index is 0.0427. The van der Waals surface area contributed by atoms with Crippen molar-refractivity contribution in [2.24, 2.45) is 10.5 Å². The van der Waals surface area contributed by atoms with Gasteiger partial charge in [-0.05, 0) is 39.5 Å². The number of nitrogens with one attached hydrogen (secondary N) is 1. The molecule has 0 atom stereocenters. The normalized spacial score (nSPS) is 21.9. The van der Waals surface area contributed by atoms with Gasteiger partial charge < -0.3 is 9.80 Å². The minimum atomic E-state index is -0.0591. The van der Waals surface area contributed by atoms with Gasteiger partial charge in [0.25, 0.3) is 0 Å². The van der Waals surface area contributed by atoms with Crippen molar-refractivity contribution in [3.63, 3.8) is 0 Å². The Labute approximate surface area is 160 Å². The molecule has 0 aromatic carbocycles. The van der Waals surface area contributed by atoms with Crippen molar-refractivity contribution in [3.8, 4) is 0 Å². The van der Waals surface area contributed by atoms with Crippen molar-refractivity contribution in [2.45, 2.75) is 58.8 Å². The summed E-state index contributed by atoms with van der Waals surface area (Å²) >= 11 is 0. The van der Waals surface area contributed by atoms with E-state index in [1.165, 1.54) is 5.57 Å². The van der Waals surface area contributed by atoms with E-state index in [1.807, 2.05) is 23.6 Å². The number of carbonyl (C=O) groups excluding carboxylic acids is 3. The van der Waals surface area contributed by atoms with Crippen molar-refractivity contribution < 1.29 is 14.4 Å². The fourth-order valence-electron chi connectivity index (χ4n) is 4.11. The number of rotatable bonds is 5. The second-order valence-corrected chi connectivity index (χ2v) is 8.33. The molecule has 2 saturated heterocycles. The summed E-state index contributed by atoms with van der Waals surface area (Å²) in [7, 11) is 0. The summed E-state index contributed by atoms with van der Waals surface area (Å²) in [5.74, 6) is 0.330. The molecule has 148 valence electrons. The van der Waals surface area contributed by atoms with Gasteiger partial charge in [0.05, 0.1) is 0 Å². The smallest absolute Gasteiger partial charge is 0.240 e. The van der Waals surface area contributed by atoms with Crippen LogP contribution in [0.4, 0.5) is 0 Å². The first-order chi connectivity index (χ1) is 12.9. The molecule has 0 aliphatic carbocycles. The summed E-state index contributed by atoms with van der Waals surface area (Å²) in [4.78, 5) is 39.9. The van der Waals surface area contributed by atoms with Crippen LogP contribution < -0.4 is 5.43 Å². The van der Waals surface area contributed by atoms with Crippen molar-refractivity contribution in [2.75, 3.05) is 26.2 Å². The first-order valence-corrected chi connectivity index (χ1v) is 9.90. The molecule has 1 N–H and O–H groups in total. The average molecular weight is 374 g/mol. The molecule has 7 nitrogen and oxygen atoms in total. The lowest BCUT2D eigenvalue weighted by Crippen LogP contribution is -2.44. The Morgan fingerprint density at radius 3 is 2.59 bits per heavy atom. The van der Waals surface area contributed by atoms with E-state index in [0.29, 0.717) is 38.6 Å². The average Bonchev–Trinajstić information content (AvgIpc) is 2.95. The van der Waals surface area contributed by atoms with Gasteiger partial charge in [-0.1, -0.05) is 11.6 Å². The third kappa shape index (κ3) is 4.96. The van der Waals surface area contributed by atoms with Gasteiger partial charge in [0, 0.05) is 56.6 Å². The summed E-state index contributed by atoms with van der Waals surface area (Å²) in [5.41, 5.74) is 4.64. The second-order valence-electron chi connectivity index (χ2n) is 8.33. The second kappa shape index (κ2) is 8.23. The van der Waals surface area contributed by atoms with Crippen LogP contribution in [0.25, 0.3) is 0 Å². The highest BCUT2D eigenvalue weighted by Crippen LogP contribution is 2.41. The number of carbonyl (C=O) groups is 3. The van der Waals surface area contributed by atoms with E-state index >= 15 is 0 Å². The largest absolute Gasteiger partial charge is 0.343 e. The Hall–Kier alpha value is -2.18. The van der Waals surface area contributed by atoms with Crippen LogP contribution in [-0.2, 0) is 14.4 Å². The molecule has 0 radical (unpaired) electrons. The fourth-order valence-corrected chi connectivity index (χ4v) is 4.11. The molecule has 0 bridgehead atoms. The van der Waals surface area contributed by atoms with Crippen LogP contribution in [0.5, 0.6) is 0 Å². The maximum Gasteiger partial charge on any atom is 0.240 e. The molecule has 0 aromatic heterocycles. The van der Waals surface area contributed by atoms with Gasteiger partial charge in [-0.15, -0.1) is 0 Å². The zero-order valence-electron chi connectivity index (χ0n) is 16.4. The van der Waals surface area contributed by atoms with Crippen LogP contribution in [0.3, 0.4) is 0 Å². The van der Waals surface area contributed by atoms with Gasteiger partial charge in [-0.25, -0.2) is 5.43 Å². The summed E-state index contributed by atoms with van der Waals surface area (Å²) in [5, 5.41) is 4.03. The molecule has 7 heteroatoms. The van der Waals surface area contributed by atoms with Gasteiger partial charge in [0.2, 0.25) is 17.7 Å². The lowest BCUT2D eigenvalue weighted by molar-refractivity contribution is -0.133. The SMILES string of the molecule is CC(C)=CCN1CC2(CCN(C(=O)CCC3=NNC(=O)CC3)CC2)CC1=O. The van der Waals surface area contributed by atoms with Gasteiger partial charge in [0.15, 0.2) is 0 Å². The molecule has 3 aliphatic heterocycles. The van der Waals surface area contributed by atoms with Crippen molar-refractivity contribution in [1.82, 2.24) is 15.2 Å². The predicted octanol–water partition coefficient (Wildman–Crippen LogP) is 1.84. The Bertz CT molecular complexity index is 671. The molecule has 0 unspecified atom stereocenters. The van der Waals surface area contributed by atoms with Gasteiger partial charge in [-0.3, -0.25) is 14.4 Å². The Balaban J connectivity index is 1.46. The van der Waals surface area contributed by atoms with Crippen LogP contribution >= 0.6 is 0 Å². The number of hydrazone groups is 1. The molecule has 3 amide bonds. The summed E-state index contributed by atoms with van der Waals surface area (Å²) in [6.07, 6.45) is 6.65. The van der Waals surface area contributed by atoms with Crippen LogP contribution in [0.15, 0.2) is 16.8 Å². The molecule has 3 heterocycles. The van der Waals surface area contributed by atoms with Gasteiger partial charge >= 0.3 is 0 Å². The fraction of sp³-hybridized carbons (Fsp3) is 0.700. The zero-order valence-corrected chi connectivity index (χ0v) is 16.4. The van der Waals surface area contributed by atoms with E-state index in [-0.39, 0.29) is 23.1 Å². The molecule has 27 heavy (non-hydrogen) atoms. The van der Waals surface area contributed by atoms with E-state index in [1.54, 1.807) is 0 Å². The zero-order chi connectivity index (χ0) is 19.4. The highest BCUT2D eigenvalue weighted by molar-refractivity contribution is 5.94. The Kier molecular flexibility index (Phi) is 5.97. The van der Waals surface area contributed by atoms with Crippen molar-refractivity contribution >= 4 is 23.4 Å². The number of likely N-dealkylation sites (tertiary alicyclic amines) is 2. The van der Waals surface area contributed by atoms with Crippen LogP contribution in [0, 0.1) is 5.41 Å². The third-order valence-electron chi connectivity index (χ3n) is 5.91. The molecule has 3 aliphatic rings. The first-order valence-electron chi connectivity index (χ1n) is 9.90. The molecular formula is C20H30N4O3. The maximum atomic E-state index is 12.5. The standard InChI is InChI=1S/C20H30N4O3/c1-15(2)7-10-24-14-20(13-19(24)27)8-11-23(12-9-20)18(26)6-4-16-3-5-17(25)22-21-16/h7H,3-6,8-14H2,1-2H3,(H,22,25). The topological polar surface area (TPSA) is 82.1 Å².